The molecule has 0 heterocycles. The molecule has 0 aliphatic rings. The van der Waals surface area contributed by atoms with Gasteiger partial charge in [-0.05, 0) is 0 Å². The zero-order valence-electron chi connectivity index (χ0n) is 6.75. The number of hydrogen-bond donors (Lipinski definition) is 1. The minimum Gasteiger partial charge on any atom is -0.174 e. The van der Waals surface area contributed by atoms with E-state index in [1.807, 2.05) is 0 Å². The summed E-state index contributed by atoms with van der Waals surface area (Å²) in [5, 5.41) is 1.19. The number of thiol groups is 1. The third kappa shape index (κ3) is 3.00. The molecule has 0 aliphatic carbocycles. The van der Waals surface area contributed by atoms with Gasteiger partial charge < -0.3 is 0 Å². The van der Waals surface area contributed by atoms with Crippen molar-refractivity contribution in [2.24, 2.45) is 0 Å². The predicted molar refractivity (Wildman–Crippen MR) is 64.2 cm³/mol. The minimum atomic E-state index is 0. The summed E-state index contributed by atoms with van der Waals surface area (Å²) in [7, 11) is 0. The van der Waals surface area contributed by atoms with E-state index in [1.54, 1.807) is 0 Å². The summed E-state index contributed by atoms with van der Waals surface area (Å²) in [6.07, 6.45) is 0. The van der Waals surface area contributed by atoms with Crippen LogP contribution in [0.4, 0.5) is 0 Å². The molecule has 0 saturated heterocycles. The molecule has 0 unspecified atom stereocenters. The van der Waals surface area contributed by atoms with Crippen LogP contribution in [0.2, 0.25) is 25.1 Å². The molecule has 0 aromatic heterocycles. The van der Waals surface area contributed by atoms with Gasteiger partial charge in [0.1, 0.15) is 0 Å². The average molecular weight is 497 g/mol. The third-order valence-electron chi connectivity index (χ3n) is 1.46. The minimum absolute atomic E-state index is 0. The van der Waals surface area contributed by atoms with E-state index < -0.39 is 0 Å². The standard InChI is InChI=1S/C7H3Cl5S.Hg/c8-3-2(1-13)4(9)6(11)7(12)5(3)10;/h13H,1H2;. The molecule has 0 amide bonds. The van der Waals surface area contributed by atoms with E-state index >= 15 is 0 Å². The summed E-state index contributed by atoms with van der Waals surface area (Å²) in [6, 6.07) is 0. The van der Waals surface area contributed by atoms with Crippen molar-refractivity contribution < 1.29 is 27.7 Å². The number of hydrogen-bond acceptors (Lipinski definition) is 1. The van der Waals surface area contributed by atoms with Crippen molar-refractivity contribution in [1.29, 1.82) is 0 Å². The maximum Gasteiger partial charge on any atom is 0.0809 e. The summed E-state index contributed by atoms with van der Waals surface area (Å²) < 4.78 is 0. The van der Waals surface area contributed by atoms with E-state index in [-0.39, 0.29) is 42.7 Å². The van der Waals surface area contributed by atoms with E-state index in [2.05, 4.69) is 12.6 Å². The summed E-state index contributed by atoms with van der Waals surface area (Å²) >= 11 is 33.1. The Labute approximate surface area is 133 Å². The quantitative estimate of drug-likeness (QED) is 0.229. The molecule has 1 rings (SSSR count). The molecule has 0 atom stereocenters. The predicted octanol–water partition coefficient (Wildman–Crippen LogP) is 5.38. The van der Waals surface area contributed by atoms with E-state index in [0.717, 1.165) is 0 Å². The van der Waals surface area contributed by atoms with Gasteiger partial charge in [-0.25, -0.2) is 0 Å². The SMILES string of the molecule is SCc1c(Cl)c(Cl)c(Cl)c(Cl)c1Cl.[Hg]. The Hall–Kier alpha value is 1.96. The molecule has 0 spiro atoms. The van der Waals surface area contributed by atoms with Crippen molar-refractivity contribution in [2.45, 2.75) is 5.75 Å². The molecule has 0 radical (unpaired) electrons. The maximum atomic E-state index is 5.87. The van der Waals surface area contributed by atoms with Crippen LogP contribution >= 0.6 is 70.6 Å². The van der Waals surface area contributed by atoms with Crippen molar-refractivity contribution >= 4 is 70.6 Å². The van der Waals surface area contributed by atoms with Crippen LogP contribution in [0.15, 0.2) is 0 Å². The van der Waals surface area contributed by atoms with Gasteiger partial charge in [0.15, 0.2) is 0 Å². The smallest absolute Gasteiger partial charge is 0.0809 e. The zero-order valence-corrected chi connectivity index (χ0v) is 16.9. The van der Waals surface area contributed by atoms with Crippen molar-refractivity contribution in [2.75, 3.05) is 0 Å². The second kappa shape index (κ2) is 6.63. The molecule has 14 heavy (non-hydrogen) atoms. The Bertz CT molecular complexity index is 325. The molecule has 0 saturated carbocycles. The number of halogens is 5. The summed E-state index contributed by atoms with van der Waals surface area (Å²) in [4.78, 5) is 0. The van der Waals surface area contributed by atoms with Gasteiger partial charge >= 0.3 is 0 Å². The molecule has 0 nitrogen and oxygen atoms in total. The second-order valence-corrected chi connectivity index (χ2v) is 4.41. The van der Waals surface area contributed by atoms with Crippen molar-refractivity contribution in [3.63, 3.8) is 0 Å². The topological polar surface area (TPSA) is 0 Å². The van der Waals surface area contributed by atoms with Crippen molar-refractivity contribution in [3.05, 3.63) is 30.7 Å². The average Bonchev–Trinajstić information content (AvgIpc) is 2.13. The van der Waals surface area contributed by atoms with Gasteiger partial charge in [0.05, 0.1) is 25.1 Å². The molecule has 0 bridgehead atoms. The fraction of sp³-hybridized carbons (Fsp3) is 0.143. The summed E-state index contributed by atoms with van der Waals surface area (Å²) in [5.74, 6) is 0.355. The molecule has 1 aromatic carbocycles. The van der Waals surface area contributed by atoms with Gasteiger partial charge in [-0.15, -0.1) is 0 Å². The van der Waals surface area contributed by atoms with Crippen LogP contribution in [-0.2, 0) is 33.4 Å². The summed E-state index contributed by atoms with van der Waals surface area (Å²) in [5.41, 5.74) is 0.589. The monoisotopic (exact) mass is 496 g/mol. The number of rotatable bonds is 1. The van der Waals surface area contributed by atoms with Crippen molar-refractivity contribution in [1.82, 2.24) is 0 Å². The largest absolute Gasteiger partial charge is 0.174 e. The Morgan fingerprint density at radius 1 is 0.714 bits per heavy atom. The fourth-order valence-electron chi connectivity index (χ4n) is 0.789. The van der Waals surface area contributed by atoms with Gasteiger partial charge in [-0.2, -0.15) is 12.6 Å². The molecule has 7 heteroatoms. The molecule has 0 N–H and O–H groups in total. The first-order valence-corrected chi connectivity index (χ1v) is 5.64. The third-order valence-corrected chi connectivity index (χ3v) is 4.13. The normalized spacial score (nSPS) is 9.86. The van der Waals surface area contributed by atoms with Crippen LogP contribution in [0.25, 0.3) is 0 Å². The van der Waals surface area contributed by atoms with E-state index in [0.29, 0.717) is 21.4 Å². The first-order chi connectivity index (χ1) is 6.00. The molecule has 74 valence electrons. The van der Waals surface area contributed by atoms with Crippen LogP contribution in [0, 0.1) is 0 Å². The van der Waals surface area contributed by atoms with Crippen molar-refractivity contribution in [3.8, 4) is 0 Å². The Kier molecular flexibility index (Phi) is 7.56. The van der Waals surface area contributed by atoms with E-state index in [1.165, 1.54) is 0 Å². The van der Waals surface area contributed by atoms with Gasteiger partial charge in [-0.3, -0.25) is 0 Å². The van der Waals surface area contributed by atoms with Gasteiger partial charge in [0, 0.05) is 39.0 Å². The van der Waals surface area contributed by atoms with Gasteiger partial charge in [-0.1, -0.05) is 58.0 Å². The van der Waals surface area contributed by atoms with E-state index in [4.69, 9.17) is 58.0 Å². The first kappa shape index (κ1) is 16.0. The van der Waals surface area contributed by atoms with Crippen LogP contribution in [-0.4, -0.2) is 0 Å². The second-order valence-electron chi connectivity index (χ2n) is 2.21. The van der Waals surface area contributed by atoms with E-state index in [9.17, 15) is 0 Å². The van der Waals surface area contributed by atoms with Crippen LogP contribution < -0.4 is 0 Å². The first-order valence-electron chi connectivity index (χ1n) is 3.11. The van der Waals surface area contributed by atoms with Crippen LogP contribution in [0.5, 0.6) is 0 Å². The fourth-order valence-corrected chi connectivity index (χ4v) is 2.60. The Morgan fingerprint density at radius 2 is 1.00 bits per heavy atom. The molecule has 0 fully saturated rings. The zero-order chi connectivity index (χ0) is 10.2. The maximum absolute atomic E-state index is 5.87. The number of benzene rings is 1. The molecular formula is C7H3Cl5HgS. The molecular weight excluding hydrogens is 494 g/mol. The Balaban J connectivity index is 0.00000169. The molecule has 0 aliphatic heterocycles. The van der Waals surface area contributed by atoms with Crippen LogP contribution in [0.3, 0.4) is 0 Å². The summed E-state index contributed by atoms with van der Waals surface area (Å²) in [6.45, 7) is 0. The Morgan fingerprint density at radius 3 is 1.29 bits per heavy atom. The van der Waals surface area contributed by atoms with Gasteiger partial charge in [0.2, 0.25) is 0 Å². The molecule has 1 aromatic rings. The van der Waals surface area contributed by atoms with Crippen LogP contribution in [0.1, 0.15) is 5.56 Å². The van der Waals surface area contributed by atoms with Gasteiger partial charge in [0.25, 0.3) is 0 Å².